The number of fused-ring (bicyclic) bond motifs is 1. The lowest BCUT2D eigenvalue weighted by Crippen LogP contribution is -2.52. The summed E-state index contributed by atoms with van der Waals surface area (Å²) in [6.07, 6.45) is 6.83. The van der Waals surface area contributed by atoms with E-state index in [1.54, 1.807) is 0 Å². The first-order valence-electron chi connectivity index (χ1n) is 11.1. The molecule has 7 nitrogen and oxygen atoms in total. The molecule has 0 unspecified atom stereocenters. The first kappa shape index (κ1) is 24.1. The number of hydrogen-bond acceptors (Lipinski definition) is 4. The zero-order valence-electron chi connectivity index (χ0n) is 18.3. The van der Waals surface area contributed by atoms with Gasteiger partial charge in [-0.1, -0.05) is 24.1 Å². The van der Waals surface area contributed by atoms with Crippen molar-refractivity contribution in [1.82, 2.24) is 25.0 Å². The molecule has 1 N–H and O–H groups in total. The molecular weight excluding hydrogens is 525 g/mol. The number of aryl methyl sites for hydroxylation is 2. The highest BCUT2D eigenvalue weighted by molar-refractivity contribution is 14.0. The first-order valence-corrected chi connectivity index (χ1v) is 11.5. The number of piperazine rings is 1. The summed E-state index contributed by atoms with van der Waals surface area (Å²) in [5, 5.41) is 13.2. The molecule has 0 spiro atoms. The first-order chi connectivity index (χ1) is 14.7. The fourth-order valence-corrected chi connectivity index (χ4v) is 4.54. The van der Waals surface area contributed by atoms with E-state index in [1.807, 2.05) is 25.2 Å². The summed E-state index contributed by atoms with van der Waals surface area (Å²) in [7, 11) is 1.87. The van der Waals surface area contributed by atoms with Gasteiger partial charge < -0.3 is 19.7 Å². The monoisotopic (exact) mass is 557 g/mol. The molecule has 9 heteroatoms. The molecule has 2 aliphatic rings. The molecule has 0 bridgehead atoms. The Labute approximate surface area is 207 Å². The molecule has 3 heterocycles. The van der Waals surface area contributed by atoms with Gasteiger partial charge >= 0.3 is 0 Å². The molecule has 2 aromatic rings. The van der Waals surface area contributed by atoms with Crippen molar-refractivity contribution >= 4 is 47.2 Å². The number of rotatable bonds is 5. The van der Waals surface area contributed by atoms with Crippen LogP contribution in [0.15, 0.2) is 29.3 Å². The van der Waals surface area contributed by atoms with Crippen LogP contribution in [0, 0.1) is 0 Å². The largest absolute Gasteiger partial charge is 0.368 e. The van der Waals surface area contributed by atoms with Crippen LogP contribution in [0.1, 0.15) is 37.3 Å². The second-order valence-electron chi connectivity index (χ2n) is 8.03. The second-order valence-corrected chi connectivity index (χ2v) is 8.46. The van der Waals surface area contributed by atoms with Crippen molar-refractivity contribution in [3.05, 3.63) is 40.9 Å². The van der Waals surface area contributed by atoms with E-state index in [0.717, 1.165) is 75.3 Å². The van der Waals surface area contributed by atoms with E-state index in [1.165, 1.54) is 30.8 Å². The van der Waals surface area contributed by atoms with Crippen molar-refractivity contribution in [3.8, 4) is 0 Å². The van der Waals surface area contributed by atoms with Gasteiger partial charge in [-0.15, -0.1) is 34.2 Å². The Morgan fingerprint density at radius 2 is 1.94 bits per heavy atom. The molecule has 0 saturated carbocycles. The number of nitrogens with one attached hydrogen (secondary N) is 1. The standard InChI is InChI=1S/C22H32ClN7.HI/c1-24-22(29-15-13-28(14-16-29)19-8-5-7-18(23)17-19)25-11-6-10-21-27-26-20-9-3-2-4-12-30(20)21;/h5,7-8,17H,2-4,6,9-16H2,1H3,(H,24,25);1H. The normalized spacial score (nSPS) is 17.0. The Hall–Kier alpha value is -1.55. The molecule has 1 fully saturated rings. The van der Waals surface area contributed by atoms with Crippen LogP contribution in [-0.4, -0.2) is 65.4 Å². The van der Waals surface area contributed by atoms with Crippen molar-refractivity contribution in [2.75, 3.05) is 44.7 Å². The number of aromatic nitrogens is 3. The fourth-order valence-electron chi connectivity index (χ4n) is 4.36. The van der Waals surface area contributed by atoms with Gasteiger partial charge in [-0.2, -0.15) is 0 Å². The van der Waals surface area contributed by atoms with E-state index in [-0.39, 0.29) is 24.0 Å². The van der Waals surface area contributed by atoms with E-state index < -0.39 is 0 Å². The van der Waals surface area contributed by atoms with Crippen molar-refractivity contribution in [2.24, 2.45) is 4.99 Å². The third kappa shape index (κ3) is 6.25. The number of halogens is 2. The van der Waals surface area contributed by atoms with Crippen LogP contribution in [0.5, 0.6) is 0 Å². The van der Waals surface area contributed by atoms with Gasteiger partial charge in [0.05, 0.1) is 0 Å². The molecule has 1 aromatic carbocycles. The maximum absolute atomic E-state index is 6.14. The smallest absolute Gasteiger partial charge is 0.193 e. The molecule has 0 amide bonds. The Morgan fingerprint density at radius 1 is 1.10 bits per heavy atom. The molecule has 2 aliphatic heterocycles. The molecule has 4 rings (SSSR count). The van der Waals surface area contributed by atoms with Crippen molar-refractivity contribution < 1.29 is 0 Å². The van der Waals surface area contributed by atoms with Crippen molar-refractivity contribution in [2.45, 2.75) is 45.1 Å². The SMILES string of the molecule is CN=C(NCCCc1nnc2n1CCCCC2)N1CCN(c2cccc(Cl)c2)CC1.I. The van der Waals surface area contributed by atoms with Crippen LogP contribution in [0.3, 0.4) is 0 Å². The highest BCUT2D eigenvalue weighted by Crippen LogP contribution is 2.21. The summed E-state index contributed by atoms with van der Waals surface area (Å²) >= 11 is 6.14. The summed E-state index contributed by atoms with van der Waals surface area (Å²) in [4.78, 5) is 9.22. The summed E-state index contributed by atoms with van der Waals surface area (Å²) in [5.41, 5.74) is 1.19. The van der Waals surface area contributed by atoms with Crippen LogP contribution in [0.25, 0.3) is 0 Å². The van der Waals surface area contributed by atoms with Gasteiger partial charge in [0.25, 0.3) is 0 Å². The van der Waals surface area contributed by atoms with Crippen LogP contribution < -0.4 is 10.2 Å². The van der Waals surface area contributed by atoms with Gasteiger partial charge in [-0.3, -0.25) is 4.99 Å². The minimum absolute atomic E-state index is 0. The lowest BCUT2D eigenvalue weighted by molar-refractivity contribution is 0.372. The maximum atomic E-state index is 6.14. The lowest BCUT2D eigenvalue weighted by Gasteiger charge is -2.37. The highest BCUT2D eigenvalue weighted by Gasteiger charge is 2.20. The Bertz CT molecular complexity index is 861. The summed E-state index contributed by atoms with van der Waals surface area (Å²) in [5.74, 6) is 3.29. The molecule has 1 saturated heterocycles. The molecular formula is C22H33ClIN7. The predicted molar refractivity (Wildman–Crippen MR) is 138 cm³/mol. The fraction of sp³-hybridized carbons (Fsp3) is 0.591. The van der Waals surface area contributed by atoms with E-state index >= 15 is 0 Å². The number of nitrogens with zero attached hydrogens (tertiary/aromatic N) is 6. The highest BCUT2D eigenvalue weighted by atomic mass is 127. The quantitative estimate of drug-likeness (QED) is 0.263. The number of aliphatic imine (C=N–C) groups is 1. The number of benzene rings is 1. The van der Waals surface area contributed by atoms with E-state index in [9.17, 15) is 0 Å². The number of anilines is 1. The second kappa shape index (κ2) is 11.9. The van der Waals surface area contributed by atoms with Crippen LogP contribution in [0.2, 0.25) is 5.02 Å². The Kier molecular flexibility index (Phi) is 9.25. The van der Waals surface area contributed by atoms with Gasteiger partial charge in [0.2, 0.25) is 0 Å². The molecule has 31 heavy (non-hydrogen) atoms. The van der Waals surface area contributed by atoms with Gasteiger partial charge in [0.1, 0.15) is 11.6 Å². The maximum Gasteiger partial charge on any atom is 0.193 e. The average Bonchev–Trinajstić information content (AvgIpc) is 3.00. The number of guanidine groups is 1. The third-order valence-electron chi connectivity index (χ3n) is 6.01. The van der Waals surface area contributed by atoms with Gasteiger partial charge in [-0.25, -0.2) is 0 Å². The zero-order valence-corrected chi connectivity index (χ0v) is 21.4. The van der Waals surface area contributed by atoms with E-state index in [2.05, 4.69) is 40.9 Å². The Balaban J connectivity index is 0.00000272. The minimum atomic E-state index is 0. The predicted octanol–water partition coefficient (Wildman–Crippen LogP) is 3.61. The van der Waals surface area contributed by atoms with Gasteiger partial charge in [0, 0.05) is 69.9 Å². The summed E-state index contributed by atoms with van der Waals surface area (Å²) in [6, 6.07) is 8.10. The zero-order chi connectivity index (χ0) is 20.8. The van der Waals surface area contributed by atoms with E-state index in [4.69, 9.17) is 11.6 Å². The third-order valence-corrected chi connectivity index (χ3v) is 6.25. The topological polar surface area (TPSA) is 61.6 Å². The molecule has 0 aliphatic carbocycles. The minimum Gasteiger partial charge on any atom is -0.368 e. The molecule has 1 aromatic heterocycles. The number of hydrogen-bond donors (Lipinski definition) is 1. The lowest BCUT2D eigenvalue weighted by atomic mass is 10.2. The van der Waals surface area contributed by atoms with Crippen LogP contribution in [0.4, 0.5) is 5.69 Å². The van der Waals surface area contributed by atoms with Crippen LogP contribution >= 0.6 is 35.6 Å². The van der Waals surface area contributed by atoms with Crippen molar-refractivity contribution in [3.63, 3.8) is 0 Å². The molecule has 0 radical (unpaired) electrons. The molecule has 170 valence electrons. The average molecular weight is 558 g/mol. The van der Waals surface area contributed by atoms with Gasteiger partial charge in [0.15, 0.2) is 5.96 Å². The summed E-state index contributed by atoms with van der Waals surface area (Å²) < 4.78 is 2.34. The van der Waals surface area contributed by atoms with Crippen molar-refractivity contribution in [1.29, 1.82) is 0 Å². The molecule has 0 atom stereocenters. The van der Waals surface area contributed by atoms with Crippen LogP contribution in [-0.2, 0) is 19.4 Å². The Morgan fingerprint density at radius 3 is 2.71 bits per heavy atom. The van der Waals surface area contributed by atoms with E-state index in [0.29, 0.717) is 0 Å². The summed E-state index contributed by atoms with van der Waals surface area (Å²) in [6.45, 7) is 5.79. The van der Waals surface area contributed by atoms with Gasteiger partial charge in [-0.05, 0) is 37.5 Å².